The fourth-order valence-electron chi connectivity index (χ4n) is 8.18. The number of unbranched alkanes of at least 4 members (excludes halogenated alkanes) is 25. The molecule has 0 amide bonds. The van der Waals surface area contributed by atoms with Gasteiger partial charge in [0.2, 0.25) is 0 Å². The first kappa shape index (κ1) is 69.1. The van der Waals surface area contributed by atoms with E-state index in [4.69, 9.17) is 14.2 Å². The molecule has 1 unspecified atom stereocenters. The summed E-state index contributed by atoms with van der Waals surface area (Å²) in [6.07, 6.45) is 82.1. The molecule has 0 saturated carbocycles. The van der Waals surface area contributed by atoms with Crippen LogP contribution in [0.3, 0.4) is 0 Å². The van der Waals surface area contributed by atoms with Gasteiger partial charge in [-0.1, -0.05) is 239 Å². The Balaban J connectivity index is 4.47. The lowest BCUT2D eigenvalue weighted by molar-refractivity contribution is -0.167. The minimum Gasteiger partial charge on any atom is -0.462 e. The van der Waals surface area contributed by atoms with Gasteiger partial charge in [0.15, 0.2) is 6.10 Å². The van der Waals surface area contributed by atoms with Crippen LogP contribution in [0.4, 0.5) is 0 Å². The number of carbonyl (C=O) groups excluding carboxylic acids is 3. The zero-order chi connectivity index (χ0) is 52.9. The zero-order valence-electron chi connectivity index (χ0n) is 47.6. The van der Waals surface area contributed by atoms with Crippen molar-refractivity contribution in [2.75, 3.05) is 13.2 Å². The van der Waals surface area contributed by atoms with E-state index >= 15 is 0 Å². The van der Waals surface area contributed by atoms with Crippen molar-refractivity contribution in [2.24, 2.45) is 0 Å². The van der Waals surface area contributed by atoms with E-state index < -0.39 is 6.10 Å². The minimum atomic E-state index is -0.798. The van der Waals surface area contributed by atoms with Crippen molar-refractivity contribution in [3.05, 3.63) is 109 Å². The Hall–Kier alpha value is -3.93. The summed E-state index contributed by atoms with van der Waals surface area (Å²) >= 11 is 0. The minimum absolute atomic E-state index is 0.0935. The Bertz CT molecular complexity index is 1490. The second-order valence-corrected chi connectivity index (χ2v) is 19.9. The predicted octanol–water partition coefficient (Wildman–Crippen LogP) is 20.7. The fourth-order valence-corrected chi connectivity index (χ4v) is 8.18. The number of rotatable bonds is 54. The molecular weight excluding hydrogens is 901 g/mol. The average Bonchev–Trinajstić information content (AvgIpc) is 3.39. The SMILES string of the molecule is CC/C=C\C/C=C\C/C=C\C/C=C\CCCCCCCCC(=O)OCC(COC(=O)CCCCCCCCC/C=C\C/C=C\CCCCC)OC(=O)CCCCCCCC/C=C\C/C=C\C/C=C\CCCCC. The third-order valence-corrected chi connectivity index (χ3v) is 12.7. The highest BCUT2D eigenvalue weighted by molar-refractivity contribution is 5.71. The molecule has 416 valence electrons. The van der Waals surface area contributed by atoms with Crippen LogP contribution in [0.15, 0.2) is 109 Å². The highest BCUT2D eigenvalue weighted by atomic mass is 16.6. The van der Waals surface area contributed by atoms with Gasteiger partial charge in [-0.05, 0) is 128 Å². The Morgan fingerprint density at radius 1 is 0.288 bits per heavy atom. The lowest BCUT2D eigenvalue weighted by Crippen LogP contribution is -2.30. The van der Waals surface area contributed by atoms with Gasteiger partial charge in [-0.3, -0.25) is 14.4 Å². The van der Waals surface area contributed by atoms with Crippen molar-refractivity contribution in [1.82, 2.24) is 0 Å². The molecule has 6 nitrogen and oxygen atoms in total. The van der Waals surface area contributed by atoms with Gasteiger partial charge < -0.3 is 14.2 Å². The van der Waals surface area contributed by atoms with Crippen LogP contribution in [-0.2, 0) is 28.6 Å². The van der Waals surface area contributed by atoms with Gasteiger partial charge in [-0.2, -0.15) is 0 Å². The van der Waals surface area contributed by atoms with E-state index in [1.54, 1.807) is 0 Å². The van der Waals surface area contributed by atoms with Gasteiger partial charge in [-0.15, -0.1) is 0 Å². The third kappa shape index (κ3) is 58.8. The summed E-state index contributed by atoms with van der Waals surface area (Å²) < 4.78 is 16.9. The van der Waals surface area contributed by atoms with E-state index in [2.05, 4.69) is 130 Å². The highest BCUT2D eigenvalue weighted by Gasteiger charge is 2.19. The summed E-state index contributed by atoms with van der Waals surface area (Å²) in [5, 5.41) is 0. The molecule has 0 rings (SSSR count). The van der Waals surface area contributed by atoms with Gasteiger partial charge in [0, 0.05) is 19.3 Å². The molecule has 0 aromatic carbocycles. The van der Waals surface area contributed by atoms with Crippen LogP contribution in [0.25, 0.3) is 0 Å². The summed E-state index contributed by atoms with van der Waals surface area (Å²) in [6, 6.07) is 0. The molecule has 0 radical (unpaired) electrons. The largest absolute Gasteiger partial charge is 0.462 e. The smallest absolute Gasteiger partial charge is 0.306 e. The van der Waals surface area contributed by atoms with Crippen LogP contribution >= 0.6 is 0 Å². The number of hydrogen-bond acceptors (Lipinski definition) is 6. The molecule has 0 saturated heterocycles. The summed E-state index contributed by atoms with van der Waals surface area (Å²) in [6.45, 7) is 6.46. The molecule has 0 heterocycles. The first-order chi connectivity index (χ1) is 36.0. The second kappa shape index (κ2) is 60.6. The van der Waals surface area contributed by atoms with Crippen LogP contribution < -0.4 is 0 Å². The first-order valence-corrected chi connectivity index (χ1v) is 30.4. The van der Waals surface area contributed by atoms with Gasteiger partial charge in [0.05, 0.1) is 0 Å². The van der Waals surface area contributed by atoms with Crippen molar-refractivity contribution in [3.63, 3.8) is 0 Å². The molecule has 0 aliphatic rings. The van der Waals surface area contributed by atoms with E-state index in [1.807, 2.05) is 0 Å². The van der Waals surface area contributed by atoms with Crippen LogP contribution in [-0.4, -0.2) is 37.2 Å². The molecule has 73 heavy (non-hydrogen) atoms. The molecule has 6 heteroatoms. The van der Waals surface area contributed by atoms with E-state index in [1.165, 1.54) is 103 Å². The van der Waals surface area contributed by atoms with Crippen molar-refractivity contribution >= 4 is 17.9 Å². The maximum atomic E-state index is 12.9. The molecule has 0 aliphatic heterocycles. The summed E-state index contributed by atoms with van der Waals surface area (Å²) in [5.74, 6) is -0.923. The number of esters is 3. The number of ether oxygens (including phenoxy) is 3. The lowest BCUT2D eigenvalue weighted by atomic mass is 10.1. The summed E-state index contributed by atoms with van der Waals surface area (Å²) in [7, 11) is 0. The van der Waals surface area contributed by atoms with Crippen molar-refractivity contribution < 1.29 is 28.6 Å². The predicted molar refractivity (Wildman–Crippen MR) is 316 cm³/mol. The van der Waals surface area contributed by atoms with Crippen molar-refractivity contribution in [3.8, 4) is 0 Å². The second-order valence-electron chi connectivity index (χ2n) is 19.9. The van der Waals surface area contributed by atoms with Crippen LogP contribution in [0.5, 0.6) is 0 Å². The Labute approximate surface area is 450 Å². The van der Waals surface area contributed by atoms with Crippen LogP contribution in [0.1, 0.15) is 278 Å². The molecular formula is C67H112O6. The fraction of sp³-hybridized carbons (Fsp3) is 0.687. The monoisotopic (exact) mass is 1010 g/mol. The molecule has 0 N–H and O–H groups in total. The van der Waals surface area contributed by atoms with Gasteiger partial charge >= 0.3 is 17.9 Å². The van der Waals surface area contributed by atoms with Crippen molar-refractivity contribution in [1.29, 1.82) is 0 Å². The average molecular weight is 1010 g/mol. The molecule has 0 spiro atoms. The molecule has 0 aromatic rings. The standard InChI is InChI=1S/C67H112O6/c1-4-7-10-13-16-19-22-25-28-31-33-36-39-42-45-48-51-54-57-60-66(69)72-63-64(62-71-65(68)59-56-53-50-47-44-41-38-35-30-27-24-21-18-15-12-9-6-3)73-67(70)61-58-55-52-49-46-43-40-37-34-32-29-26-23-20-17-14-11-8-5-2/h7,10,16-21,25-30,33-34,36-37,64H,4-6,8-9,11-15,22-24,31-32,35,38-63H2,1-3H3/b10-7-,19-16-,20-17-,21-18-,28-25-,29-26-,30-27-,36-33-,37-34-. The normalized spacial score (nSPS) is 12.9. The molecule has 0 aromatic heterocycles. The Morgan fingerprint density at radius 3 is 0.836 bits per heavy atom. The Morgan fingerprint density at radius 2 is 0.534 bits per heavy atom. The molecule has 1 atom stereocenters. The number of hydrogen-bond donors (Lipinski definition) is 0. The van der Waals surface area contributed by atoms with Crippen LogP contribution in [0, 0.1) is 0 Å². The maximum absolute atomic E-state index is 12.9. The van der Waals surface area contributed by atoms with Gasteiger partial charge in [-0.25, -0.2) is 0 Å². The molecule has 0 bridgehead atoms. The zero-order valence-corrected chi connectivity index (χ0v) is 47.6. The van der Waals surface area contributed by atoms with E-state index in [-0.39, 0.29) is 31.1 Å². The molecule has 0 aliphatic carbocycles. The molecule has 0 fully saturated rings. The van der Waals surface area contributed by atoms with E-state index in [9.17, 15) is 14.4 Å². The van der Waals surface area contributed by atoms with Gasteiger partial charge in [0.1, 0.15) is 13.2 Å². The third-order valence-electron chi connectivity index (χ3n) is 12.7. The Kier molecular flexibility index (Phi) is 57.4. The number of carbonyl (C=O) groups is 3. The highest BCUT2D eigenvalue weighted by Crippen LogP contribution is 2.14. The summed E-state index contributed by atoms with van der Waals surface area (Å²) in [5.41, 5.74) is 0. The van der Waals surface area contributed by atoms with E-state index in [0.717, 1.165) is 135 Å². The quantitative estimate of drug-likeness (QED) is 0.0261. The lowest BCUT2D eigenvalue weighted by Gasteiger charge is -2.18. The number of allylic oxidation sites excluding steroid dienone is 18. The van der Waals surface area contributed by atoms with Crippen LogP contribution in [0.2, 0.25) is 0 Å². The maximum Gasteiger partial charge on any atom is 0.306 e. The summed E-state index contributed by atoms with van der Waals surface area (Å²) in [4.78, 5) is 38.3. The topological polar surface area (TPSA) is 78.9 Å². The van der Waals surface area contributed by atoms with Crippen molar-refractivity contribution in [2.45, 2.75) is 284 Å². The van der Waals surface area contributed by atoms with E-state index in [0.29, 0.717) is 19.3 Å². The van der Waals surface area contributed by atoms with Gasteiger partial charge in [0.25, 0.3) is 0 Å². The first-order valence-electron chi connectivity index (χ1n) is 30.4.